The molecular weight excluding hydrogens is 369 g/mol. The lowest BCUT2D eigenvalue weighted by Gasteiger charge is -2.17. The Morgan fingerprint density at radius 1 is 1.19 bits per heavy atom. The molecule has 0 radical (unpaired) electrons. The summed E-state index contributed by atoms with van der Waals surface area (Å²) in [5.74, 6) is -0.283. The molecule has 1 aliphatic rings. The Balaban J connectivity index is 1.64. The van der Waals surface area contributed by atoms with Crippen molar-refractivity contribution >= 4 is 10.0 Å². The highest BCUT2D eigenvalue weighted by atomic mass is 32.2. The Hall–Kier alpha value is -2.13. The first kappa shape index (κ1) is 18.7. The van der Waals surface area contributed by atoms with E-state index in [4.69, 9.17) is 4.74 Å². The summed E-state index contributed by atoms with van der Waals surface area (Å²) < 4.78 is 70.0. The van der Waals surface area contributed by atoms with Gasteiger partial charge in [0.1, 0.15) is 6.10 Å². The van der Waals surface area contributed by atoms with E-state index in [1.54, 1.807) is 30.3 Å². The zero-order valence-electron chi connectivity index (χ0n) is 13.7. The standard InChI is InChI=1S/C17H17F3N2O3S/c18-17(19,20)14-6-8-21-16(10-14)25-15-7-9-22(11-15)26(23,24)12-13-4-2-1-3-5-13/h1-6,8,10,15H,7,9,11-12H2/t15-/m0/s1. The summed E-state index contributed by atoms with van der Waals surface area (Å²) in [7, 11) is -3.52. The van der Waals surface area contributed by atoms with Crippen molar-refractivity contribution in [1.29, 1.82) is 0 Å². The molecule has 1 atom stereocenters. The van der Waals surface area contributed by atoms with Crippen molar-refractivity contribution in [3.63, 3.8) is 0 Å². The highest BCUT2D eigenvalue weighted by molar-refractivity contribution is 7.88. The number of hydrogen-bond acceptors (Lipinski definition) is 4. The topological polar surface area (TPSA) is 59.5 Å². The summed E-state index contributed by atoms with van der Waals surface area (Å²) in [6.07, 6.45) is -3.60. The molecule has 140 valence electrons. The van der Waals surface area contributed by atoms with Crippen molar-refractivity contribution in [3.8, 4) is 5.88 Å². The number of halogens is 3. The minimum Gasteiger partial charge on any atom is -0.473 e. The fourth-order valence-electron chi connectivity index (χ4n) is 2.74. The third-order valence-corrected chi connectivity index (χ3v) is 5.86. The van der Waals surface area contributed by atoms with Gasteiger partial charge in [0.25, 0.3) is 0 Å². The van der Waals surface area contributed by atoms with Crippen molar-refractivity contribution in [2.24, 2.45) is 0 Å². The molecule has 1 aliphatic heterocycles. The van der Waals surface area contributed by atoms with E-state index in [1.807, 2.05) is 0 Å². The summed E-state index contributed by atoms with van der Waals surface area (Å²) in [4.78, 5) is 3.78. The van der Waals surface area contributed by atoms with Crippen LogP contribution in [0.1, 0.15) is 17.5 Å². The minimum atomic E-state index is -4.48. The monoisotopic (exact) mass is 386 g/mol. The van der Waals surface area contributed by atoms with Gasteiger partial charge in [0.2, 0.25) is 15.9 Å². The lowest BCUT2D eigenvalue weighted by atomic mass is 10.2. The fraction of sp³-hybridized carbons (Fsp3) is 0.353. The maximum Gasteiger partial charge on any atom is 0.416 e. The van der Waals surface area contributed by atoms with Crippen LogP contribution in [0.3, 0.4) is 0 Å². The summed E-state index contributed by atoms with van der Waals surface area (Å²) in [5.41, 5.74) is -0.175. The smallest absolute Gasteiger partial charge is 0.416 e. The lowest BCUT2D eigenvalue weighted by molar-refractivity contribution is -0.137. The third kappa shape index (κ3) is 4.53. The van der Waals surface area contributed by atoms with Crippen LogP contribution >= 0.6 is 0 Å². The Morgan fingerprint density at radius 2 is 1.92 bits per heavy atom. The van der Waals surface area contributed by atoms with Crippen LogP contribution in [-0.4, -0.2) is 36.9 Å². The Morgan fingerprint density at radius 3 is 2.62 bits per heavy atom. The van der Waals surface area contributed by atoms with E-state index in [2.05, 4.69) is 4.98 Å². The van der Waals surface area contributed by atoms with E-state index < -0.39 is 27.9 Å². The van der Waals surface area contributed by atoms with E-state index in [1.165, 1.54) is 4.31 Å². The van der Waals surface area contributed by atoms with Gasteiger partial charge in [-0.1, -0.05) is 30.3 Å². The van der Waals surface area contributed by atoms with Gasteiger partial charge in [-0.05, 0) is 18.1 Å². The third-order valence-electron chi connectivity index (χ3n) is 4.04. The van der Waals surface area contributed by atoms with Crippen molar-refractivity contribution in [2.45, 2.75) is 24.5 Å². The van der Waals surface area contributed by atoms with Crippen molar-refractivity contribution in [3.05, 3.63) is 59.8 Å². The second-order valence-corrected chi connectivity index (χ2v) is 7.98. The molecule has 5 nitrogen and oxygen atoms in total. The van der Waals surface area contributed by atoms with Crippen LogP contribution in [0.5, 0.6) is 5.88 Å². The molecule has 0 aliphatic carbocycles. The van der Waals surface area contributed by atoms with Crippen LogP contribution in [0.4, 0.5) is 13.2 Å². The van der Waals surface area contributed by atoms with E-state index in [0.29, 0.717) is 12.0 Å². The molecule has 3 rings (SSSR count). The number of aromatic nitrogens is 1. The second-order valence-electron chi connectivity index (χ2n) is 6.01. The normalized spacial score (nSPS) is 18.8. The Kier molecular flexibility index (Phi) is 5.19. The van der Waals surface area contributed by atoms with Gasteiger partial charge in [-0.2, -0.15) is 17.5 Å². The number of hydrogen-bond donors (Lipinski definition) is 0. The van der Waals surface area contributed by atoms with Gasteiger partial charge < -0.3 is 4.74 Å². The quantitative estimate of drug-likeness (QED) is 0.792. The van der Waals surface area contributed by atoms with E-state index in [0.717, 1.165) is 18.3 Å². The van der Waals surface area contributed by atoms with Crippen LogP contribution in [-0.2, 0) is 22.0 Å². The number of sulfonamides is 1. The zero-order chi connectivity index (χ0) is 18.8. The zero-order valence-corrected chi connectivity index (χ0v) is 14.5. The molecule has 0 spiro atoms. The molecule has 26 heavy (non-hydrogen) atoms. The van der Waals surface area contributed by atoms with Crippen LogP contribution < -0.4 is 4.74 Å². The lowest BCUT2D eigenvalue weighted by Crippen LogP contribution is -2.32. The molecule has 1 saturated heterocycles. The molecule has 0 unspecified atom stereocenters. The van der Waals surface area contributed by atoms with Crippen molar-refractivity contribution < 1.29 is 26.3 Å². The molecule has 0 N–H and O–H groups in total. The van der Waals surface area contributed by atoms with E-state index in [9.17, 15) is 21.6 Å². The molecule has 9 heteroatoms. The number of alkyl halides is 3. The highest BCUT2D eigenvalue weighted by Gasteiger charge is 2.34. The van der Waals surface area contributed by atoms with E-state index >= 15 is 0 Å². The summed E-state index contributed by atoms with van der Waals surface area (Å²) in [5, 5.41) is 0. The van der Waals surface area contributed by atoms with Crippen LogP contribution in [0.25, 0.3) is 0 Å². The first-order valence-corrected chi connectivity index (χ1v) is 9.56. The van der Waals surface area contributed by atoms with Crippen molar-refractivity contribution in [1.82, 2.24) is 9.29 Å². The van der Waals surface area contributed by atoms with Gasteiger partial charge in [0.05, 0.1) is 17.9 Å². The number of benzene rings is 1. The average molecular weight is 386 g/mol. The van der Waals surface area contributed by atoms with E-state index in [-0.39, 0.29) is 24.7 Å². The first-order valence-electron chi connectivity index (χ1n) is 7.96. The maximum absolute atomic E-state index is 12.7. The predicted octanol–water partition coefficient (Wildman–Crippen LogP) is 3.08. The van der Waals surface area contributed by atoms with Gasteiger partial charge in [0, 0.05) is 18.8 Å². The van der Waals surface area contributed by atoms with Crippen LogP contribution in [0, 0.1) is 0 Å². The largest absolute Gasteiger partial charge is 0.473 e. The second kappa shape index (κ2) is 7.24. The van der Waals surface area contributed by atoms with Gasteiger partial charge >= 0.3 is 6.18 Å². The molecule has 2 heterocycles. The van der Waals surface area contributed by atoms with Gasteiger partial charge in [-0.15, -0.1) is 0 Å². The van der Waals surface area contributed by atoms with Gasteiger partial charge in [0.15, 0.2) is 0 Å². The molecule has 2 aromatic rings. The maximum atomic E-state index is 12.7. The molecule has 1 aromatic heterocycles. The molecule has 1 fully saturated rings. The van der Waals surface area contributed by atoms with Crippen molar-refractivity contribution in [2.75, 3.05) is 13.1 Å². The number of nitrogens with zero attached hydrogens (tertiary/aromatic N) is 2. The predicted molar refractivity (Wildman–Crippen MR) is 88.9 cm³/mol. The van der Waals surface area contributed by atoms with Gasteiger partial charge in [-0.3, -0.25) is 0 Å². The Bertz CT molecular complexity index is 857. The highest BCUT2D eigenvalue weighted by Crippen LogP contribution is 2.31. The number of pyridine rings is 1. The van der Waals surface area contributed by atoms with Crippen LogP contribution in [0.15, 0.2) is 48.7 Å². The summed E-state index contributed by atoms with van der Waals surface area (Å²) >= 11 is 0. The molecular formula is C17H17F3N2O3S. The molecule has 0 bridgehead atoms. The molecule has 1 aromatic carbocycles. The number of ether oxygens (including phenoxy) is 1. The first-order chi connectivity index (χ1) is 12.2. The summed E-state index contributed by atoms with van der Waals surface area (Å²) in [6.45, 7) is 0.353. The molecule has 0 saturated carbocycles. The SMILES string of the molecule is O=S(=O)(Cc1ccccc1)N1CC[C@H](Oc2cc(C(F)(F)F)ccn2)C1. The summed E-state index contributed by atoms with van der Waals surface area (Å²) in [6, 6.07) is 10.5. The fourth-order valence-corrected chi connectivity index (χ4v) is 4.32. The molecule has 0 amide bonds. The van der Waals surface area contributed by atoms with Gasteiger partial charge in [-0.25, -0.2) is 13.4 Å². The minimum absolute atomic E-state index is 0.0904. The van der Waals surface area contributed by atoms with Crippen LogP contribution in [0.2, 0.25) is 0 Å². The number of rotatable bonds is 5. The Labute approximate surface area is 149 Å². The average Bonchev–Trinajstić information content (AvgIpc) is 3.04.